The van der Waals surface area contributed by atoms with Gasteiger partial charge in [-0.15, -0.1) is 0 Å². The first-order valence-corrected chi connectivity index (χ1v) is 9.42. The zero-order valence-electron chi connectivity index (χ0n) is 15.3. The van der Waals surface area contributed by atoms with Gasteiger partial charge in [0.2, 0.25) is 11.8 Å². The van der Waals surface area contributed by atoms with Gasteiger partial charge in [0.1, 0.15) is 0 Å². The SMILES string of the molecule is CCC(=O)Nc1cc(NC(=S)NC(=O)CCc2ccccc2Cl)ccc1C. The lowest BCUT2D eigenvalue weighted by Gasteiger charge is -2.13. The van der Waals surface area contributed by atoms with Crippen LogP contribution in [-0.4, -0.2) is 16.9 Å². The zero-order chi connectivity index (χ0) is 19.8. The third kappa shape index (κ3) is 6.66. The Kier molecular flexibility index (Phi) is 7.76. The molecule has 27 heavy (non-hydrogen) atoms. The number of benzene rings is 2. The first kappa shape index (κ1) is 20.9. The van der Waals surface area contributed by atoms with Crippen LogP contribution < -0.4 is 16.0 Å². The van der Waals surface area contributed by atoms with Crippen molar-refractivity contribution in [3.8, 4) is 0 Å². The van der Waals surface area contributed by atoms with Gasteiger partial charge in [0.25, 0.3) is 0 Å². The van der Waals surface area contributed by atoms with Crippen molar-refractivity contribution in [2.24, 2.45) is 0 Å². The molecule has 0 spiro atoms. The van der Waals surface area contributed by atoms with E-state index >= 15 is 0 Å². The summed E-state index contributed by atoms with van der Waals surface area (Å²) >= 11 is 11.3. The number of carbonyl (C=O) groups is 2. The van der Waals surface area contributed by atoms with Crippen molar-refractivity contribution in [2.75, 3.05) is 10.6 Å². The van der Waals surface area contributed by atoms with Gasteiger partial charge >= 0.3 is 0 Å². The maximum Gasteiger partial charge on any atom is 0.226 e. The second-order valence-corrected chi connectivity index (χ2v) is 6.84. The van der Waals surface area contributed by atoms with Gasteiger partial charge in [-0.05, 0) is 54.9 Å². The second kappa shape index (κ2) is 10.0. The molecule has 7 heteroatoms. The molecule has 0 aliphatic heterocycles. The predicted octanol–water partition coefficient (Wildman–Crippen LogP) is 4.44. The molecule has 0 saturated heterocycles. The highest BCUT2D eigenvalue weighted by Crippen LogP contribution is 2.20. The van der Waals surface area contributed by atoms with Crippen molar-refractivity contribution in [2.45, 2.75) is 33.1 Å². The lowest BCUT2D eigenvalue weighted by atomic mass is 10.1. The number of halogens is 1. The molecular weight excluding hydrogens is 382 g/mol. The number of thiocarbonyl (C=S) groups is 1. The predicted molar refractivity (Wildman–Crippen MR) is 114 cm³/mol. The summed E-state index contributed by atoms with van der Waals surface area (Å²) in [6, 6.07) is 12.9. The summed E-state index contributed by atoms with van der Waals surface area (Å²) in [5, 5.41) is 9.30. The standard InChI is InChI=1S/C20H22ClN3O2S/c1-3-18(25)23-17-12-15(10-8-13(17)2)22-20(27)24-19(26)11-9-14-6-4-5-7-16(14)21/h4-8,10,12H,3,9,11H2,1-2H3,(H,23,25)(H2,22,24,26,27). The summed E-state index contributed by atoms with van der Waals surface area (Å²) in [5.74, 6) is -0.259. The van der Waals surface area contributed by atoms with Crippen LogP contribution in [0.4, 0.5) is 11.4 Å². The summed E-state index contributed by atoms with van der Waals surface area (Å²) in [5.41, 5.74) is 3.25. The van der Waals surface area contributed by atoms with E-state index in [-0.39, 0.29) is 23.3 Å². The number of amides is 2. The molecule has 0 aliphatic rings. The normalized spacial score (nSPS) is 10.2. The van der Waals surface area contributed by atoms with Crippen molar-refractivity contribution in [1.29, 1.82) is 0 Å². The van der Waals surface area contributed by atoms with E-state index in [0.717, 1.165) is 11.1 Å². The number of hydrogen-bond acceptors (Lipinski definition) is 3. The van der Waals surface area contributed by atoms with E-state index in [1.165, 1.54) is 0 Å². The van der Waals surface area contributed by atoms with Crippen LogP contribution in [0.2, 0.25) is 5.02 Å². The summed E-state index contributed by atoms with van der Waals surface area (Å²) in [6.45, 7) is 3.70. The van der Waals surface area contributed by atoms with Crippen LogP contribution in [0.1, 0.15) is 30.9 Å². The number of aryl methyl sites for hydroxylation is 2. The lowest BCUT2D eigenvalue weighted by molar-refractivity contribution is -0.119. The van der Waals surface area contributed by atoms with Gasteiger partial charge in [0.05, 0.1) is 0 Å². The molecule has 0 bridgehead atoms. The summed E-state index contributed by atoms with van der Waals surface area (Å²) < 4.78 is 0. The third-order valence-corrected chi connectivity index (χ3v) is 4.50. The van der Waals surface area contributed by atoms with E-state index < -0.39 is 0 Å². The Balaban J connectivity index is 1.89. The number of anilines is 2. The van der Waals surface area contributed by atoms with Crippen LogP contribution in [0, 0.1) is 6.92 Å². The molecule has 0 saturated carbocycles. The lowest BCUT2D eigenvalue weighted by Crippen LogP contribution is -2.34. The van der Waals surface area contributed by atoms with Gasteiger partial charge in [0, 0.05) is 29.2 Å². The topological polar surface area (TPSA) is 70.2 Å². The van der Waals surface area contributed by atoms with E-state index in [0.29, 0.717) is 29.2 Å². The van der Waals surface area contributed by atoms with Crippen LogP contribution >= 0.6 is 23.8 Å². The highest BCUT2D eigenvalue weighted by molar-refractivity contribution is 7.80. The van der Waals surface area contributed by atoms with Crippen molar-refractivity contribution < 1.29 is 9.59 Å². The van der Waals surface area contributed by atoms with Crippen LogP contribution in [-0.2, 0) is 16.0 Å². The van der Waals surface area contributed by atoms with E-state index in [4.69, 9.17) is 23.8 Å². The summed E-state index contributed by atoms with van der Waals surface area (Å²) in [7, 11) is 0. The highest BCUT2D eigenvalue weighted by Gasteiger charge is 2.09. The van der Waals surface area contributed by atoms with Crippen molar-refractivity contribution in [1.82, 2.24) is 5.32 Å². The fourth-order valence-corrected chi connectivity index (χ4v) is 2.84. The number of nitrogens with one attached hydrogen (secondary N) is 3. The van der Waals surface area contributed by atoms with Gasteiger partial charge in [-0.3, -0.25) is 9.59 Å². The third-order valence-electron chi connectivity index (χ3n) is 3.92. The maximum absolute atomic E-state index is 12.1. The zero-order valence-corrected chi connectivity index (χ0v) is 16.8. The fraction of sp³-hybridized carbons (Fsp3) is 0.250. The minimum Gasteiger partial charge on any atom is -0.332 e. The average molecular weight is 404 g/mol. The molecule has 2 aromatic carbocycles. The molecule has 2 aromatic rings. The van der Waals surface area contributed by atoms with Gasteiger partial charge in [-0.2, -0.15) is 0 Å². The Morgan fingerprint density at radius 2 is 1.81 bits per heavy atom. The number of rotatable bonds is 6. The molecule has 0 aromatic heterocycles. The number of hydrogen-bond donors (Lipinski definition) is 3. The fourth-order valence-electron chi connectivity index (χ4n) is 2.37. The second-order valence-electron chi connectivity index (χ2n) is 6.03. The molecule has 0 atom stereocenters. The van der Waals surface area contributed by atoms with Gasteiger partial charge in [0.15, 0.2) is 5.11 Å². The van der Waals surface area contributed by atoms with Gasteiger partial charge in [-0.1, -0.05) is 42.8 Å². The molecule has 0 fully saturated rings. The molecule has 0 unspecified atom stereocenters. The smallest absolute Gasteiger partial charge is 0.226 e. The van der Waals surface area contributed by atoms with Crippen molar-refractivity contribution in [3.63, 3.8) is 0 Å². The van der Waals surface area contributed by atoms with Crippen LogP contribution in [0.15, 0.2) is 42.5 Å². The summed E-state index contributed by atoms with van der Waals surface area (Å²) in [4.78, 5) is 23.7. The molecule has 2 amide bonds. The van der Waals surface area contributed by atoms with E-state index in [9.17, 15) is 9.59 Å². The molecule has 0 aliphatic carbocycles. The minimum absolute atomic E-state index is 0.0642. The largest absolute Gasteiger partial charge is 0.332 e. The van der Waals surface area contributed by atoms with Crippen LogP contribution in [0.3, 0.4) is 0 Å². The Morgan fingerprint density at radius 3 is 2.52 bits per heavy atom. The van der Waals surface area contributed by atoms with Crippen molar-refractivity contribution >= 4 is 52.1 Å². The summed E-state index contributed by atoms with van der Waals surface area (Å²) in [6.07, 6.45) is 1.21. The number of carbonyl (C=O) groups excluding carboxylic acids is 2. The molecule has 5 nitrogen and oxygen atoms in total. The Bertz CT molecular complexity index is 855. The molecule has 0 heterocycles. The van der Waals surface area contributed by atoms with E-state index in [2.05, 4.69) is 16.0 Å². The molecule has 0 radical (unpaired) electrons. The first-order chi connectivity index (χ1) is 12.9. The molecule has 2 rings (SSSR count). The average Bonchev–Trinajstić information content (AvgIpc) is 2.63. The Labute approximate surface area is 169 Å². The quantitative estimate of drug-likeness (QED) is 0.623. The van der Waals surface area contributed by atoms with Gasteiger partial charge < -0.3 is 16.0 Å². The van der Waals surface area contributed by atoms with Crippen LogP contribution in [0.25, 0.3) is 0 Å². The maximum atomic E-state index is 12.1. The molecular formula is C20H22ClN3O2S. The monoisotopic (exact) mass is 403 g/mol. The van der Waals surface area contributed by atoms with E-state index in [1.54, 1.807) is 19.1 Å². The van der Waals surface area contributed by atoms with Crippen molar-refractivity contribution in [3.05, 3.63) is 58.6 Å². The van der Waals surface area contributed by atoms with Crippen LogP contribution in [0.5, 0.6) is 0 Å². The van der Waals surface area contributed by atoms with Gasteiger partial charge in [-0.25, -0.2) is 0 Å². The highest BCUT2D eigenvalue weighted by atomic mass is 35.5. The minimum atomic E-state index is -0.195. The Hall–Kier alpha value is -2.44. The molecule has 3 N–H and O–H groups in total. The molecule has 142 valence electrons. The van der Waals surface area contributed by atoms with E-state index in [1.807, 2.05) is 37.3 Å². The Morgan fingerprint density at radius 1 is 1.07 bits per heavy atom. The first-order valence-electron chi connectivity index (χ1n) is 8.63.